The zero-order valence-electron chi connectivity index (χ0n) is 10.3. The molecule has 0 aromatic carbocycles. The second-order valence-electron chi connectivity index (χ2n) is 4.17. The minimum atomic E-state index is -0.626. The number of piperazine rings is 1. The number of rotatable bonds is 1. The van der Waals surface area contributed by atoms with Gasteiger partial charge in [-0.2, -0.15) is 0 Å². The van der Waals surface area contributed by atoms with Crippen molar-refractivity contribution in [3.8, 4) is 0 Å². The molecule has 1 saturated heterocycles. The summed E-state index contributed by atoms with van der Waals surface area (Å²) in [5, 5.41) is 5.67. The largest absolute Gasteiger partial charge is 0.332 e. The van der Waals surface area contributed by atoms with E-state index in [-0.39, 0.29) is 0 Å². The first-order valence-corrected chi connectivity index (χ1v) is 5.91. The van der Waals surface area contributed by atoms with Gasteiger partial charge in [0.1, 0.15) is 5.82 Å². The van der Waals surface area contributed by atoms with E-state index < -0.39 is 11.8 Å². The number of carbonyl (C=O) groups is 2. The van der Waals surface area contributed by atoms with Crippen LogP contribution in [0.5, 0.6) is 0 Å². The van der Waals surface area contributed by atoms with Crippen molar-refractivity contribution in [2.45, 2.75) is 6.92 Å². The summed E-state index contributed by atoms with van der Waals surface area (Å²) in [4.78, 5) is 29.2. The molecule has 96 valence electrons. The molecule has 1 aromatic rings. The van der Waals surface area contributed by atoms with E-state index in [0.29, 0.717) is 18.9 Å². The van der Waals surface area contributed by atoms with Gasteiger partial charge in [0.05, 0.1) is 0 Å². The summed E-state index contributed by atoms with van der Waals surface area (Å²) in [5.41, 5.74) is 0.832. The number of amides is 2. The molecule has 6 heteroatoms. The van der Waals surface area contributed by atoms with Gasteiger partial charge in [-0.3, -0.25) is 9.59 Å². The average Bonchev–Trinajstić information content (AvgIpc) is 2.41. The highest BCUT2D eigenvalue weighted by Gasteiger charge is 2.23. The lowest BCUT2D eigenvalue weighted by molar-refractivity contribution is -0.143. The fourth-order valence-electron chi connectivity index (χ4n) is 1.79. The molecule has 0 aliphatic carbocycles. The maximum absolute atomic E-state index is 11.9. The molecule has 18 heavy (non-hydrogen) atoms. The van der Waals surface area contributed by atoms with Crippen LogP contribution < -0.4 is 10.6 Å². The van der Waals surface area contributed by atoms with E-state index in [2.05, 4.69) is 15.6 Å². The topological polar surface area (TPSA) is 74.3 Å². The first-order valence-electron chi connectivity index (χ1n) is 5.91. The molecule has 2 amide bonds. The van der Waals surface area contributed by atoms with Gasteiger partial charge in [0.25, 0.3) is 0 Å². The Kier molecular flexibility index (Phi) is 3.88. The number of anilines is 1. The zero-order chi connectivity index (χ0) is 13.0. The van der Waals surface area contributed by atoms with Crippen LogP contribution in [0.1, 0.15) is 5.56 Å². The summed E-state index contributed by atoms with van der Waals surface area (Å²) in [6, 6.07) is 3.61. The van der Waals surface area contributed by atoms with Crippen LogP contribution in [0.25, 0.3) is 0 Å². The molecule has 1 aliphatic heterocycles. The highest BCUT2D eigenvalue weighted by Crippen LogP contribution is 2.09. The van der Waals surface area contributed by atoms with Crippen LogP contribution in [-0.2, 0) is 9.59 Å². The maximum Gasteiger partial charge on any atom is 0.315 e. The Hall–Kier alpha value is -1.95. The van der Waals surface area contributed by atoms with Gasteiger partial charge in [-0.25, -0.2) is 4.98 Å². The monoisotopic (exact) mass is 248 g/mol. The van der Waals surface area contributed by atoms with E-state index in [4.69, 9.17) is 0 Å². The third kappa shape index (κ3) is 2.84. The summed E-state index contributed by atoms with van der Waals surface area (Å²) < 4.78 is 0. The van der Waals surface area contributed by atoms with Gasteiger partial charge in [-0.05, 0) is 18.6 Å². The van der Waals surface area contributed by atoms with Crippen molar-refractivity contribution in [3.05, 3.63) is 23.9 Å². The molecular weight excluding hydrogens is 232 g/mol. The Labute approximate surface area is 105 Å². The second kappa shape index (κ2) is 5.59. The van der Waals surface area contributed by atoms with E-state index in [9.17, 15) is 9.59 Å². The number of nitrogens with zero attached hydrogens (tertiary/aromatic N) is 2. The number of aryl methyl sites for hydroxylation is 1. The first kappa shape index (κ1) is 12.5. The van der Waals surface area contributed by atoms with Crippen LogP contribution >= 0.6 is 0 Å². The average molecular weight is 248 g/mol. The van der Waals surface area contributed by atoms with Crippen molar-refractivity contribution in [2.24, 2.45) is 0 Å². The summed E-state index contributed by atoms with van der Waals surface area (Å²) in [5.74, 6) is -0.689. The molecule has 2 heterocycles. The second-order valence-corrected chi connectivity index (χ2v) is 4.17. The lowest BCUT2D eigenvalue weighted by Gasteiger charge is -2.26. The summed E-state index contributed by atoms with van der Waals surface area (Å²) in [6.07, 6.45) is 1.58. The van der Waals surface area contributed by atoms with Crippen molar-refractivity contribution < 1.29 is 9.59 Å². The van der Waals surface area contributed by atoms with Crippen LogP contribution in [0.2, 0.25) is 0 Å². The van der Waals surface area contributed by atoms with Crippen LogP contribution in [-0.4, -0.2) is 47.9 Å². The molecule has 0 spiro atoms. The Morgan fingerprint density at radius 2 is 2.11 bits per heavy atom. The van der Waals surface area contributed by atoms with E-state index in [0.717, 1.165) is 18.7 Å². The first-order chi connectivity index (χ1) is 8.68. The minimum absolute atomic E-state index is 0.436. The number of carbonyl (C=O) groups excluding carboxylic acids is 2. The Morgan fingerprint density at radius 1 is 1.39 bits per heavy atom. The third-order valence-corrected chi connectivity index (χ3v) is 2.84. The molecule has 1 fully saturated rings. The normalized spacial score (nSPS) is 15.3. The van der Waals surface area contributed by atoms with Gasteiger partial charge < -0.3 is 15.5 Å². The summed E-state index contributed by atoms with van der Waals surface area (Å²) in [7, 11) is 0. The van der Waals surface area contributed by atoms with Gasteiger partial charge in [0.15, 0.2) is 0 Å². The van der Waals surface area contributed by atoms with Crippen molar-refractivity contribution in [1.29, 1.82) is 0 Å². The number of aromatic nitrogens is 1. The minimum Gasteiger partial charge on any atom is -0.332 e. The van der Waals surface area contributed by atoms with Gasteiger partial charge in [-0.1, -0.05) is 6.07 Å². The zero-order valence-corrected chi connectivity index (χ0v) is 10.3. The van der Waals surface area contributed by atoms with Crippen molar-refractivity contribution in [2.75, 3.05) is 31.5 Å². The summed E-state index contributed by atoms with van der Waals surface area (Å²) >= 11 is 0. The Balaban J connectivity index is 1.99. The molecule has 0 radical (unpaired) electrons. The van der Waals surface area contributed by atoms with Crippen molar-refractivity contribution >= 4 is 17.6 Å². The van der Waals surface area contributed by atoms with Crippen LogP contribution in [0, 0.1) is 6.92 Å². The predicted molar refractivity (Wildman–Crippen MR) is 67.1 cm³/mol. The standard InChI is InChI=1S/C12H16N4O2/c1-9-3-2-4-14-10(9)15-11(17)12(18)16-7-5-13-6-8-16/h2-4,13H,5-8H2,1H3,(H,14,15,17). The number of hydrogen-bond donors (Lipinski definition) is 2. The lowest BCUT2D eigenvalue weighted by atomic mass is 10.3. The maximum atomic E-state index is 11.9. The van der Waals surface area contributed by atoms with Gasteiger partial charge in [-0.15, -0.1) is 0 Å². The highest BCUT2D eigenvalue weighted by molar-refractivity contribution is 6.39. The molecule has 2 rings (SSSR count). The molecule has 2 N–H and O–H groups in total. The lowest BCUT2D eigenvalue weighted by Crippen LogP contribution is -2.50. The quantitative estimate of drug-likeness (QED) is 0.673. The Bertz CT molecular complexity index is 455. The fraction of sp³-hybridized carbons (Fsp3) is 0.417. The van der Waals surface area contributed by atoms with Crippen LogP contribution in [0.4, 0.5) is 5.82 Å². The van der Waals surface area contributed by atoms with Crippen LogP contribution in [0.3, 0.4) is 0 Å². The highest BCUT2D eigenvalue weighted by atomic mass is 16.2. The van der Waals surface area contributed by atoms with E-state index in [1.54, 1.807) is 17.2 Å². The van der Waals surface area contributed by atoms with Crippen molar-refractivity contribution in [1.82, 2.24) is 15.2 Å². The smallest absolute Gasteiger partial charge is 0.315 e. The number of nitrogens with one attached hydrogen (secondary N) is 2. The Morgan fingerprint density at radius 3 is 2.78 bits per heavy atom. The molecule has 1 aromatic heterocycles. The fourth-order valence-corrected chi connectivity index (χ4v) is 1.79. The molecule has 0 atom stereocenters. The molecule has 6 nitrogen and oxygen atoms in total. The van der Waals surface area contributed by atoms with E-state index in [1.807, 2.05) is 13.0 Å². The number of pyridine rings is 1. The molecule has 0 unspecified atom stereocenters. The van der Waals surface area contributed by atoms with Crippen molar-refractivity contribution in [3.63, 3.8) is 0 Å². The van der Waals surface area contributed by atoms with Gasteiger partial charge in [0, 0.05) is 32.4 Å². The molecule has 1 aliphatic rings. The third-order valence-electron chi connectivity index (χ3n) is 2.84. The van der Waals surface area contributed by atoms with E-state index in [1.165, 1.54) is 0 Å². The predicted octanol–water partition coefficient (Wildman–Crippen LogP) is -0.240. The SMILES string of the molecule is Cc1cccnc1NC(=O)C(=O)N1CCNCC1. The van der Waals surface area contributed by atoms with E-state index >= 15 is 0 Å². The molecule has 0 bridgehead atoms. The van der Waals surface area contributed by atoms with Gasteiger partial charge >= 0.3 is 11.8 Å². The number of hydrogen-bond acceptors (Lipinski definition) is 4. The van der Waals surface area contributed by atoms with Crippen LogP contribution in [0.15, 0.2) is 18.3 Å². The molecular formula is C12H16N4O2. The molecule has 0 saturated carbocycles. The summed E-state index contributed by atoms with van der Waals surface area (Å²) in [6.45, 7) is 4.40. The van der Waals surface area contributed by atoms with Gasteiger partial charge in [0.2, 0.25) is 0 Å².